The van der Waals surface area contributed by atoms with E-state index in [1.54, 1.807) is 19.1 Å². The van der Waals surface area contributed by atoms with Gasteiger partial charge in [0.25, 0.3) is 0 Å². The van der Waals surface area contributed by atoms with Gasteiger partial charge in [-0.3, -0.25) is 0 Å². The fourth-order valence-corrected chi connectivity index (χ4v) is 3.62. The third kappa shape index (κ3) is 3.76. The smallest absolute Gasteiger partial charge is 0.240 e. The second-order valence-corrected chi connectivity index (χ2v) is 7.20. The van der Waals surface area contributed by atoms with E-state index in [1.807, 2.05) is 19.9 Å². The van der Waals surface area contributed by atoms with Crippen LogP contribution in [0.25, 0.3) is 0 Å². The highest BCUT2D eigenvalue weighted by atomic mass is 32.2. The van der Waals surface area contributed by atoms with Crippen LogP contribution >= 0.6 is 0 Å². The molecule has 0 aliphatic rings. The molecule has 0 saturated heterocycles. The Morgan fingerprint density at radius 3 is 2.50 bits per heavy atom. The normalized spacial score (nSPS) is 13.3. The summed E-state index contributed by atoms with van der Waals surface area (Å²) in [4.78, 5) is 0.286. The molecule has 120 valence electrons. The predicted octanol–water partition coefficient (Wildman–Crippen LogP) is 2.61. The first kappa shape index (κ1) is 16.7. The van der Waals surface area contributed by atoms with Crippen LogP contribution in [-0.4, -0.2) is 20.1 Å². The summed E-state index contributed by atoms with van der Waals surface area (Å²) in [5, 5.41) is 9.92. The van der Waals surface area contributed by atoms with E-state index in [-0.39, 0.29) is 17.9 Å². The van der Waals surface area contributed by atoms with Gasteiger partial charge in [-0.2, -0.15) is 0 Å². The number of sulfonamides is 1. The van der Waals surface area contributed by atoms with Crippen LogP contribution in [0.5, 0.6) is 0 Å². The number of hydrogen-bond acceptors (Lipinski definition) is 4. The Morgan fingerprint density at radius 1 is 1.18 bits per heavy atom. The van der Waals surface area contributed by atoms with Crippen molar-refractivity contribution in [2.75, 3.05) is 6.54 Å². The second-order valence-electron chi connectivity index (χ2n) is 5.46. The molecule has 2 rings (SSSR count). The van der Waals surface area contributed by atoms with E-state index < -0.39 is 16.1 Å². The van der Waals surface area contributed by atoms with Crippen LogP contribution in [0.15, 0.2) is 40.0 Å². The minimum atomic E-state index is -3.58. The molecule has 0 aliphatic carbocycles. The first-order chi connectivity index (χ1) is 10.3. The van der Waals surface area contributed by atoms with Gasteiger partial charge in [0.05, 0.1) is 23.5 Å². The Kier molecular flexibility index (Phi) is 5.05. The molecule has 0 aliphatic heterocycles. The minimum absolute atomic E-state index is 0.154. The lowest BCUT2D eigenvalue weighted by Crippen LogP contribution is -2.26. The summed E-state index contributed by atoms with van der Waals surface area (Å²) in [6, 6.07) is 5.20. The van der Waals surface area contributed by atoms with Crippen LogP contribution in [0.4, 0.5) is 0 Å². The summed E-state index contributed by atoms with van der Waals surface area (Å²) in [5.74, 6) is 0. The van der Waals surface area contributed by atoms with E-state index in [2.05, 4.69) is 4.72 Å². The van der Waals surface area contributed by atoms with Crippen LogP contribution in [0.2, 0.25) is 0 Å². The predicted molar refractivity (Wildman–Crippen MR) is 84.1 cm³/mol. The third-order valence-corrected chi connectivity index (χ3v) is 5.32. The van der Waals surface area contributed by atoms with Crippen molar-refractivity contribution in [2.45, 2.75) is 38.2 Å². The maximum absolute atomic E-state index is 12.4. The Balaban J connectivity index is 2.04. The first-order valence-electron chi connectivity index (χ1n) is 7.09. The number of nitrogens with one attached hydrogen (secondary N) is 1. The number of aliphatic hydroxyl groups excluding tert-OH is 1. The number of aryl methyl sites for hydroxylation is 3. The Hall–Kier alpha value is -1.63. The minimum Gasteiger partial charge on any atom is -0.472 e. The van der Waals surface area contributed by atoms with Crippen LogP contribution < -0.4 is 4.72 Å². The zero-order valence-corrected chi connectivity index (χ0v) is 13.8. The number of hydrogen-bond donors (Lipinski definition) is 2. The first-order valence-corrected chi connectivity index (χ1v) is 8.57. The molecule has 0 saturated carbocycles. The molecule has 1 heterocycles. The quantitative estimate of drug-likeness (QED) is 0.856. The molecule has 2 N–H and O–H groups in total. The maximum Gasteiger partial charge on any atom is 0.240 e. The molecule has 1 unspecified atom stereocenters. The molecule has 22 heavy (non-hydrogen) atoms. The standard InChI is InChI=1S/C16H21NO4S/c1-11-8-13(3)16(9-12(11)2)22(19,20)17-6-4-15(18)14-5-7-21-10-14/h5,7-10,15,17-18H,4,6H2,1-3H3. The molecule has 0 spiro atoms. The average molecular weight is 323 g/mol. The summed E-state index contributed by atoms with van der Waals surface area (Å²) in [6.45, 7) is 5.77. The maximum atomic E-state index is 12.4. The molecule has 5 nitrogen and oxygen atoms in total. The lowest BCUT2D eigenvalue weighted by Gasteiger charge is -2.13. The fourth-order valence-electron chi connectivity index (χ4n) is 2.26. The number of benzene rings is 1. The lowest BCUT2D eigenvalue weighted by atomic mass is 10.1. The average Bonchev–Trinajstić information content (AvgIpc) is 2.96. The molecule has 0 amide bonds. The summed E-state index contributed by atoms with van der Waals surface area (Å²) >= 11 is 0. The highest BCUT2D eigenvalue weighted by Crippen LogP contribution is 2.21. The Bertz CT molecular complexity index is 736. The van der Waals surface area contributed by atoms with Crippen molar-refractivity contribution in [2.24, 2.45) is 0 Å². The van der Waals surface area contributed by atoms with Gasteiger partial charge in [-0.25, -0.2) is 13.1 Å². The van der Waals surface area contributed by atoms with Crippen molar-refractivity contribution in [1.29, 1.82) is 0 Å². The molecule has 0 fully saturated rings. The highest BCUT2D eigenvalue weighted by molar-refractivity contribution is 7.89. The third-order valence-electron chi connectivity index (χ3n) is 3.72. The SMILES string of the molecule is Cc1cc(C)c(S(=O)(=O)NCCC(O)c2ccoc2)cc1C. The molecular formula is C16H21NO4S. The summed E-state index contributed by atoms with van der Waals surface area (Å²) in [6.07, 6.45) is 2.46. The van der Waals surface area contributed by atoms with Gasteiger partial charge in [-0.1, -0.05) is 6.07 Å². The van der Waals surface area contributed by atoms with E-state index in [0.717, 1.165) is 11.1 Å². The Morgan fingerprint density at radius 2 is 1.86 bits per heavy atom. The van der Waals surface area contributed by atoms with E-state index in [1.165, 1.54) is 12.5 Å². The zero-order valence-electron chi connectivity index (χ0n) is 13.0. The summed E-state index contributed by atoms with van der Waals surface area (Å²) in [7, 11) is -3.58. The van der Waals surface area contributed by atoms with Crippen molar-refractivity contribution in [3.05, 3.63) is 53.0 Å². The molecular weight excluding hydrogens is 302 g/mol. The lowest BCUT2D eigenvalue weighted by molar-refractivity contribution is 0.168. The molecule has 0 bridgehead atoms. The highest BCUT2D eigenvalue weighted by Gasteiger charge is 2.18. The largest absolute Gasteiger partial charge is 0.472 e. The van der Waals surface area contributed by atoms with E-state index in [4.69, 9.17) is 4.42 Å². The second kappa shape index (κ2) is 6.64. The van der Waals surface area contributed by atoms with Gasteiger partial charge in [-0.05, 0) is 56.0 Å². The van der Waals surface area contributed by atoms with Crippen molar-refractivity contribution >= 4 is 10.0 Å². The van der Waals surface area contributed by atoms with Gasteiger partial charge in [0.1, 0.15) is 0 Å². The van der Waals surface area contributed by atoms with Crippen LogP contribution in [-0.2, 0) is 10.0 Å². The van der Waals surface area contributed by atoms with Crippen LogP contribution in [0, 0.1) is 20.8 Å². The van der Waals surface area contributed by atoms with Gasteiger partial charge in [0.15, 0.2) is 0 Å². The molecule has 1 aromatic carbocycles. The molecule has 1 aromatic heterocycles. The molecule has 6 heteroatoms. The van der Waals surface area contributed by atoms with Crippen molar-refractivity contribution < 1.29 is 17.9 Å². The van der Waals surface area contributed by atoms with Gasteiger partial charge < -0.3 is 9.52 Å². The van der Waals surface area contributed by atoms with Gasteiger partial charge in [-0.15, -0.1) is 0 Å². The fraction of sp³-hybridized carbons (Fsp3) is 0.375. The van der Waals surface area contributed by atoms with Gasteiger partial charge >= 0.3 is 0 Å². The van der Waals surface area contributed by atoms with Gasteiger partial charge in [0.2, 0.25) is 10.0 Å². The van der Waals surface area contributed by atoms with Crippen molar-refractivity contribution in [3.8, 4) is 0 Å². The van der Waals surface area contributed by atoms with Crippen LogP contribution in [0.1, 0.15) is 34.8 Å². The van der Waals surface area contributed by atoms with Gasteiger partial charge in [0, 0.05) is 12.1 Å². The van der Waals surface area contributed by atoms with Crippen molar-refractivity contribution in [3.63, 3.8) is 0 Å². The monoisotopic (exact) mass is 323 g/mol. The number of aliphatic hydroxyl groups is 1. The molecule has 0 radical (unpaired) electrons. The Labute approximate surface area is 131 Å². The number of furan rings is 1. The van der Waals surface area contributed by atoms with E-state index in [0.29, 0.717) is 11.1 Å². The number of rotatable bonds is 6. The molecule has 1 atom stereocenters. The zero-order chi connectivity index (χ0) is 16.3. The van der Waals surface area contributed by atoms with Crippen molar-refractivity contribution in [1.82, 2.24) is 4.72 Å². The van der Waals surface area contributed by atoms with E-state index >= 15 is 0 Å². The van der Waals surface area contributed by atoms with Crippen LogP contribution in [0.3, 0.4) is 0 Å². The summed E-state index contributed by atoms with van der Waals surface area (Å²) in [5.41, 5.74) is 3.35. The molecule has 2 aromatic rings. The summed E-state index contributed by atoms with van der Waals surface area (Å²) < 4.78 is 32.2. The topological polar surface area (TPSA) is 79.5 Å². The van der Waals surface area contributed by atoms with E-state index in [9.17, 15) is 13.5 Å².